The van der Waals surface area contributed by atoms with Crippen molar-refractivity contribution < 1.29 is 4.74 Å². The highest BCUT2D eigenvalue weighted by atomic mass is 79.9. The summed E-state index contributed by atoms with van der Waals surface area (Å²) in [6.45, 7) is 3.62. The number of nitrogens with one attached hydrogen (secondary N) is 1. The van der Waals surface area contributed by atoms with Crippen LogP contribution in [0.5, 0.6) is 0 Å². The van der Waals surface area contributed by atoms with E-state index in [9.17, 15) is 0 Å². The van der Waals surface area contributed by atoms with Gasteiger partial charge in [-0.2, -0.15) is 0 Å². The summed E-state index contributed by atoms with van der Waals surface area (Å²) in [5.74, 6) is 0. The summed E-state index contributed by atoms with van der Waals surface area (Å²) in [7, 11) is 1.74. The Morgan fingerprint density at radius 2 is 2.22 bits per heavy atom. The Kier molecular flexibility index (Phi) is 7.51. The summed E-state index contributed by atoms with van der Waals surface area (Å²) in [6.07, 6.45) is 2.06. The summed E-state index contributed by atoms with van der Waals surface area (Å²) in [5, 5.41) is 3.59. The van der Waals surface area contributed by atoms with Gasteiger partial charge in [-0.15, -0.1) is 0 Å². The van der Waals surface area contributed by atoms with Gasteiger partial charge in [-0.05, 0) is 44.0 Å². The molecule has 0 saturated carbocycles. The Morgan fingerprint density at radius 3 is 2.83 bits per heavy atom. The third-order valence-corrected chi connectivity index (χ3v) is 3.45. The van der Waals surface area contributed by atoms with Gasteiger partial charge in [0.25, 0.3) is 0 Å². The Morgan fingerprint density at radius 1 is 1.44 bits per heavy atom. The van der Waals surface area contributed by atoms with E-state index in [0.29, 0.717) is 12.1 Å². The molecule has 0 fully saturated rings. The standard InChI is InChI=1S/C14H23BrN2O/c1-11(12-5-3-6-13(15)9-12)17-14(10-18-2)7-4-8-16/h3,5-6,9,11,14,17H,4,7-8,10,16H2,1-2H3/t11-,14?/m1/s1. The van der Waals surface area contributed by atoms with Gasteiger partial charge in [-0.1, -0.05) is 28.1 Å². The third-order valence-electron chi connectivity index (χ3n) is 2.96. The molecule has 0 heterocycles. The second-order valence-electron chi connectivity index (χ2n) is 4.53. The largest absolute Gasteiger partial charge is 0.383 e. The topological polar surface area (TPSA) is 47.3 Å². The fourth-order valence-corrected chi connectivity index (χ4v) is 2.42. The molecule has 1 rings (SSSR count). The lowest BCUT2D eigenvalue weighted by atomic mass is 10.1. The quantitative estimate of drug-likeness (QED) is 0.775. The van der Waals surface area contributed by atoms with Crippen molar-refractivity contribution in [1.82, 2.24) is 5.32 Å². The van der Waals surface area contributed by atoms with Crippen molar-refractivity contribution in [2.24, 2.45) is 5.73 Å². The van der Waals surface area contributed by atoms with Gasteiger partial charge >= 0.3 is 0 Å². The van der Waals surface area contributed by atoms with Crippen LogP contribution in [0, 0.1) is 0 Å². The highest BCUT2D eigenvalue weighted by Gasteiger charge is 2.13. The van der Waals surface area contributed by atoms with Crippen LogP contribution in [0.25, 0.3) is 0 Å². The Labute approximate surface area is 118 Å². The minimum atomic E-state index is 0.306. The molecule has 1 aromatic rings. The zero-order chi connectivity index (χ0) is 13.4. The number of benzene rings is 1. The van der Waals surface area contributed by atoms with E-state index in [0.717, 1.165) is 30.5 Å². The summed E-state index contributed by atoms with van der Waals surface area (Å²) >= 11 is 3.50. The monoisotopic (exact) mass is 314 g/mol. The molecule has 0 spiro atoms. The molecule has 102 valence electrons. The molecule has 1 unspecified atom stereocenters. The maximum Gasteiger partial charge on any atom is 0.0616 e. The van der Waals surface area contributed by atoms with Crippen LogP contribution in [0.15, 0.2) is 28.7 Å². The molecule has 0 aromatic heterocycles. The van der Waals surface area contributed by atoms with E-state index in [2.05, 4.69) is 46.4 Å². The second kappa shape index (κ2) is 8.64. The molecule has 3 nitrogen and oxygen atoms in total. The summed E-state index contributed by atoms with van der Waals surface area (Å²) in [5.41, 5.74) is 6.84. The van der Waals surface area contributed by atoms with E-state index >= 15 is 0 Å². The summed E-state index contributed by atoms with van der Waals surface area (Å²) in [6, 6.07) is 9.03. The van der Waals surface area contributed by atoms with Crippen molar-refractivity contribution in [3.05, 3.63) is 34.3 Å². The minimum Gasteiger partial charge on any atom is -0.383 e. The van der Waals surface area contributed by atoms with Crippen LogP contribution in [0.1, 0.15) is 31.4 Å². The molecule has 0 aliphatic rings. The van der Waals surface area contributed by atoms with Crippen molar-refractivity contribution in [3.63, 3.8) is 0 Å². The van der Waals surface area contributed by atoms with Crippen LogP contribution in [0.3, 0.4) is 0 Å². The zero-order valence-electron chi connectivity index (χ0n) is 11.2. The first-order chi connectivity index (χ1) is 8.67. The summed E-state index contributed by atoms with van der Waals surface area (Å²) < 4.78 is 6.36. The van der Waals surface area contributed by atoms with Crippen LogP contribution >= 0.6 is 15.9 Å². The van der Waals surface area contributed by atoms with Crippen molar-refractivity contribution in [2.45, 2.75) is 31.8 Å². The number of methoxy groups -OCH3 is 1. The van der Waals surface area contributed by atoms with Crippen LogP contribution in [-0.2, 0) is 4.74 Å². The van der Waals surface area contributed by atoms with Crippen LogP contribution in [-0.4, -0.2) is 26.3 Å². The van der Waals surface area contributed by atoms with Gasteiger partial charge in [-0.25, -0.2) is 0 Å². The van der Waals surface area contributed by atoms with E-state index in [4.69, 9.17) is 10.5 Å². The summed E-state index contributed by atoms with van der Waals surface area (Å²) in [4.78, 5) is 0. The van der Waals surface area contributed by atoms with Gasteiger partial charge < -0.3 is 15.8 Å². The number of hydrogen-bond donors (Lipinski definition) is 2. The fourth-order valence-electron chi connectivity index (χ4n) is 2.01. The predicted octanol–water partition coefficient (Wildman–Crippen LogP) is 2.85. The predicted molar refractivity (Wildman–Crippen MR) is 79.6 cm³/mol. The van der Waals surface area contributed by atoms with Gasteiger partial charge in [0.2, 0.25) is 0 Å². The Bertz CT molecular complexity index is 346. The molecule has 0 bridgehead atoms. The molecule has 2 atom stereocenters. The fraction of sp³-hybridized carbons (Fsp3) is 0.571. The van der Waals surface area contributed by atoms with E-state index in [1.165, 1.54) is 5.56 Å². The first kappa shape index (κ1) is 15.6. The number of rotatable bonds is 8. The number of hydrogen-bond acceptors (Lipinski definition) is 3. The van der Waals surface area contributed by atoms with Crippen LogP contribution in [0.4, 0.5) is 0 Å². The Balaban J connectivity index is 2.56. The van der Waals surface area contributed by atoms with Gasteiger partial charge in [0, 0.05) is 23.7 Å². The van der Waals surface area contributed by atoms with Crippen molar-refractivity contribution in [3.8, 4) is 0 Å². The zero-order valence-corrected chi connectivity index (χ0v) is 12.7. The number of halogens is 1. The number of nitrogens with two attached hydrogens (primary N) is 1. The maximum atomic E-state index is 5.56. The van der Waals surface area contributed by atoms with Gasteiger partial charge in [-0.3, -0.25) is 0 Å². The maximum absolute atomic E-state index is 5.56. The normalized spacial score (nSPS) is 14.4. The average Bonchev–Trinajstić information content (AvgIpc) is 2.36. The Hall–Kier alpha value is -0.420. The molecule has 0 amide bonds. The molecule has 0 aliphatic carbocycles. The lowest BCUT2D eigenvalue weighted by Gasteiger charge is -2.23. The molecule has 3 N–H and O–H groups in total. The molecular formula is C14H23BrN2O. The molecular weight excluding hydrogens is 292 g/mol. The lowest BCUT2D eigenvalue weighted by molar-refractivity contribution is 0.156. The first-order valence-corrected chi connectivity index (χ1v) is 7.17. The highest BCUT2D eigenvalue weighted by molar-refractivity contribution is 9.10. The van der Waals surface area contributed by atoms with Crippen molar-refractivity contribution >= 4 is 15.9 Å². The third kappa shape index (κ3) is 5.48. The van der Waals surface area contributed by atoms with Crippen molar-refractivity contribution in [2.75, 3.05) is 20.3 Å². The smallest absolute Gasteiger partial charge is 0.0616 e. The van der Waals surface area contributed by atoms with Crippen LogP contribution in [0.2, 0.25) is 0 Å². The van der Waals surface area contributed by atoms with Crippen LogP contribution < -0.4 is 11.1 Å². The number of ether oxygens (including phenoxy) is 1. The van der Waals surface area contributed by atoms with E-state index in [-0.39, 0.29) is 0 Å². The first-order valence-electron chi connectivity index (χ1n) is 6.38. The van der Waals surface area contributed by atoms with Gasteiger partial charge in [0.05, 0.1) is 6.61 Å². The van der Waals surface area contributed by atoms with E-state index < -0.39 is 0 Å². The molecule has 0 radical (unpaired) electrons. The SMILES string of the molecule is COCC(CCCN)N[C@H](C)c1cccc(Br)c1. The second-order valence-corrected chi connectivity index (χ2v) is 5.44. The molecule has 0 saturated heterocycles. The molecule has 0 aliphatic heterocycles. The van der Waals surface area contributed by atoms with E-state index in [1.54, 1.807) is 7.11 Å². The van der Waals surface area contributed by atoms with Gasteiger partial charge in [0.1, 0.15) is 0 Å². The minimum absolute atomic E-state index is 0.306. The van der Waals surface area contributed by atoms with E-state index in [1.807, 2.05) is 6.07 Å². The average molecular weight is 315 g/mol. The lowest BCUT2D eigenvalue weighted by Crippen LogP contribution is -2.35. The van der Waals surface area contributed by atoms with Gasteiger partial charge in [0.15, 0.2) is 0 Å². The molecule has 4 heteroatoms. The molecule has 18 heavy (non-hydrogen) atoms. The van der Waals surface area contributed by atoms with Crippen molar-refractivity contribution in [1.29, 1.82) is 0 Å². The highest BCUT2D eigenvalue weighted by Crippen LogP contribution is 2.18. The molecule has 1 aromatic carbocycles.